The fourth-order valence-corrected chi connectivity index (χ4v) is 2.02. The minimum atomic E-state index is -1.24. The molecule has 2 aromatic rings. The number of rotatable bonds is 4. The average molecular weight is 280 g/mol. The van der Waals surface area contributed by atoms with E-state index < -0.39 is 17.8 Å². The Morgan fingerprint density at radius 3 is 2.42 bits per heavy atom. The molecule has 3 nitrogen and oxygen atoms in total. The van der Waals surface area contributed by atoms with E-state index in [-0.39, 0.29) is 10.6 Å². The van der Waals surface area contributed by atoms with Crippen molar-refractivity contribution in [2.75, 3.05) is 5.32 Å². The van der Waals surface area contributed by atoms with E-state index >= 15 is 0 Å². The molecule has 0 bridgehead atoms. The molecule has 5 heteroatoms. The number of carboxylic acid groups (broad SMARTS) is 1. The second kappa shape index (κ2) is 5.71. The third-order valence-corrected chi connectivity index (χ3v) is 2.95. The topological polar surface area (TPSA) is 49.3 Å². The van der Waals surface area contributed by atoms with E-state index in [4.69, 9.17) is 11.6 Å². The van der Waals surface area contributed by atoms with Gasteiger partial charge in [0.05, 0.1) is 0 Å². The van der Waals surface area contributed by atoms with Gasteiger partial charge in [0.15, 0.2) is 6.04 Å². The Morgan fingerprint density at radius 1 is 1.16 bits per heavy atom. The van der Waals surface area contributed by atoms with Gasteiger partial charge in [-0.15, -0.1) is 0 Å². The lowest BCUT2D eigenvalue weighted by Gasteiger charge is -2.18. The van der Waals surface area contributed by atoms with Gasteiger partial charge in [0, 0.05) is 16.3 Å². The molecule has 0 spiro atoms. The molecule has 0 aliphatic carbocycles. The lowest BCUT2D eigenvalue weighted by atomic mass is 10.1. The van der Waals surface area contributed by atoms with E-state index in [2.05, 4.69) is 5.32 Å². The zero-order valence-corrected chi connectivity index (χ0v) is 10.6. The molecule has 0 saturated heterocycles. The van der Waals surface area contributed by atoms with Crippen LogP contribution < -0.4 is 5.32 Å². The summed E-state index contributed by atoms with van der Waals surface area (Å²) >= 11 is 5.89. The highest BCUT2D eigenvalue weighted by Crippen LogP contribution is 2.28. The predicted molar refractivity (Wildman–Crippen MR) is 71.9 cm³/mol. The van der Waals surface area contributed by atoms with Crippen LogP contribution in [0.1, 0.15) is 11.6 Å². The van der Waals surface area contributed by atoms with Crippen molar-refractivity contribution in [2.45, 2.75) is 6.04 Å². The minimum absolute atomic E-state index is 0.0690. The summed E-state index contributed by atoms with van der Waals surface area (Å²) in [5, 5.41) is 12.1. The average Bonchev–Trinajstić information content (AvgIpc) is 2.38. The van der Waals surface area contributed by atoms with Gasteiger partial charge in [0.25, 0.3) is 0 Å². The molecule has 2 N–H and O–H groups in total. The number of benzene rings is 2. The third kappa shape index (κ3) is 3.03. The Labute approximate surface area is 114 Å². The first-order valence-corrected chi connectivity index (χ1v) is 5.95. The summed E-state index contributed by atoms with van der Waals surface area (Å²) < 4.78 is 13.8. The smallest absolute Gasteiger partial charge is 0.330 e. The normalized spacial score (nSPS) is 11.9. The maximum atomic E-state index is 13.8. The lowest BCUT2D eigenvalue weighted by Crippen LogP contribution is -2.22. The van der Waals surface area contributed by atoms with Crippen LogP contribution in [0.25, 0.3) is 0 Å². The first kappa shape index (κ1) is 13.4. The Kier molecular flexibility index (Phi) is 4.02. The van der Waals surface area contributed by atoms with Gasteiger partial charge in [-0.3, -0.25) is 0 Å². The van der Waals surface area contributed by atoms with Gasteiger partial charge >= 0.3 is 5.97 Å². The monoisotopic (exact) mass is 279 g/mol. The summed E-state index contributed by atoms with van der Waals surface area (Å²) in [6, 6.07) is 11.5. The van der Waals surface area contributed by atoms with Gasteiger partial charge in [-0.1, -0.05) is 35.9 Å². The summed E-state index contributed by atoms with van der Waals surface area (Å²) in [6.07, 6.45) is 0. The fourth-order valence-electron chi connectivity index (χ4n) is 1.74. The molecule has 0 aromatic heterocycles. The zero-order chi connectivity index (χ0) is 13.8. The number of halogens is 2. The van der Waals surface area contributed by atoms with Crippen LogP contribution in [0.2, 0.25) is 5.02 Å². The Bertz CT molecular complexity index is 569. The number of nitrogens with one attached hydrogen (secondary N) is 1. The number of carboxylic acids is 1. The van der Waals surface area contributed by atoms with Crippen molar-refractivity contribution >= 4 is 23.3 Å². The quantitative estimate of drug-likeness (QED) is 0.897. The van der Waals surface area contributed by atoms with Gasteiger partial charge in [0.2, 0.25) is 0 Å². The number of carbonyl (C=O) groups is 1. The predicted octanol–water partition coefficient (Wildman–Crippen LogP) is 3.72. The van der Waals surface area contributed by atoms with E-state index in [1.807, 2.05) is 0 Å². The van der Waals surface area contributed by atoms with Crippen molar-refractivity contribution < 1.29 is 14.3 Å². The number of hydrogen-bond donors (Lipinski definition) is 2. The van der Waals surface area contributed by atoms with Crippen molar-refractivity contribution in [3.63, 3.8) is 0 Å². The van der Waals surface area contributed by atoms with Gasteiger partial charge in [-0.25, -0.2) is 9.18 Å². The molecule has 0 saturated carbocycles. The molecular formula is C14H11ClFNO2. The molecule has 0 fully saturated rings. The summed E-state index contributed by atoms with van der Waals surface area (Å²) in [4.78, 5) is 11.3. The highest BCUT2D eigenvalue weighted by atomic mass is 35.5. The van der Waals surface area contributed by atoms with E-state index in [0.717, 1.165) is 0 Å². The second-order valence-electron chi connectivity index (χ2n) is 3.92. The minimum Gasteiger partial charge on any atom is -0.479 e. The summed E-state index contributed by atoms with van der Waals surface area (Å²) in [5.41, 5.74) is 0.509. The molecule has 1 atom stereocenters. The van der Waals surface area contributed by atoms with Crippen LogP contribution in [-0.2, 0) is 4.79 Å². The maximum Gasteiger partial charge on any atom is 0.330 e. The van der Waals surface area contributed by atoms with Gasteiger partial charge in [0.1, 0.15) is 5.82 Å². The zero-order valence-electron chi connectivity index (χ0n) is 9.81. The van der Waals surface area contributed by atoms with Crippen molar-refractivity contribution in [1.29, 1.82) is 0 Å². The Morgan fingerprint density at radius 2 is 1.84 bits per heavy atom. The standard InChI is InChI=1S/C14H11ClFNO2/c15-10-7-4-8-11(16)12(10)13(14(18)19)17-9-5-2-1-3-6-9/h1-8,13,17H,(H,18,19). The highest BCUT2D eigenvalue weighted by molar-refractivity contribution is 6.31. The van der Waals surface area contributed by atoms with Crippen molar-refractivity contribution in [1.82, 2.24) is 0 Å². The Hall–Kier alpha value is -2.07. The van der Waals surface area contributed by atoms with Crippen LogP contribution in [0.4, 0.5) is 10.1 Å². The summed E-state index contributed by atoms with van der Waals surface area (Å²) in [6.45, 7) is 0. The van der Waals surface area contributed by atoms with Crippen LogP contribution in [0.15, 0.2) is 48.5 Å². The SMILES string of the molecule is O=C(O)C(Nc1ccccc1)c1c(F)cccc1Cl. The molecule has 0 radical (unpaired) electrons. The summed E-state index contributed by atoms with van der Waals surface area (Å²) in [7, 11) is 0. The van der Waals surface area contributed by atoms with E-state index in [1.54, 1.807) is 30.3 Å². The van der Waals surface area contributed by atoms with Crippen molar-refractivity contribution in [3.05, 3.63) is 64.9 Å². The molecule has 0 amide bonds. The van der Waals surface area contributed by atoms with E-state index in [0.29, 0.717) is 5.69 Å². The van der Waals surface area contributed by atoms with Gasteiger partial charge in [-0.2, -0.15) is 0 Å². The number of anilines is 1. The van der Waals surface area contributed by atoms with E-state index in [1.165, 1.54) is 18.2 Å². The highest BCUT2D eigenvalue weighted by Gasteiger charge is 2.25. The van der Waals surface area contributed by atoms with Crippen LogP contribution in [0, 0.1) is 5.82 Å². The van der Waals surface area contributed by atoms with E-state index in [9.17, 15) is 14.3 Å². The van der Waals surface area contributed by atoms with Crippen LogP contribution >= 0.6 is 11.6 Å². The molecule has 0 aliphatic heterocycles. The number of aliphatic carboxylic acids is 1. The molecule has 0 aliphatic rings. The lowest BCUT2D eigenvalue weighted by molar-refractivity contribution is -0.138. The van der Waals surface area contributed by atoms with Crippen LogP contribution in [-0.4, -0.2) is 11.1 Å². The molecule has 2 aromatic carbocycles. The maximum absolute atomic E-state index is 13.8. The second-order valence-corrected chi connectivity index (χ2v) is 4.32. The van der Waals surface area contributed by atoms with Crippen molar-refractivity contribution in [2.24, 2.45) is 0 Å². The third-order valence-electron chi connectivity index (χ3n) is 2.62. The fraction of sp³-hybridized carbons (Fsp3) is 0.0714. The van der Waals surface area contributed by atoms with Crippen molar-refractivity contribution in [3.8, 4) is 0 Å². The molecule has 98 valence electrons. The van der Waals surface area contributed by atoms with Crippen LogP contribution in [0.5, 0.6) is 0 Å². The number of hydrogen-bond acceptors (Lipinski definition) is 2. The molecular weight excluding hydrogens is 269 g/mol. The van der Waals surface area contributed by atoms with Gasteiger partial charge < -0.3 is 10.4 Å². The molecule has 1 unspecified atom stereocenters. The summed E-state index contributed by atoms with van der Waals surface area (Å²) in [5.74, 6) is -1.85. The first-order valence-electron chi connectivity index (χ1n) is 5.58. The molecule has 19 heavy (non-hydrogen) atoms. The van der Waals surface area contributed by atoms with Gasteiger partial charge in [-0.05, 0) is 24.3 Å². The molecule has 0 heterocycles. The number of para-hydroxylation sites is 1. The largest absolute Gasteiger partial charge is 0.479 e. The first-order chi connectivity index (χ1) is 9.09. The Balaban J connectivity index is 2.39. The van der Waals surface area contributed by atoms with Crippen LogP contribution in [0.3, 0.4) is 0 Å². The molecule has 2 rings (SSSR count).